The van der Waals surface area contributed by atoms with Gasteiger partial charge in [0.15, 0.2) is 8.32 Å². The number of rotatable bonds is 3. The molecule has 2 fully saturated rings. The Morgan fingerprint density at radius 2 is 1.66 bits per heavy atom. The van der Waals surface area contributed by atoms with Gasteiger partial charge in [-0.15, -0.1) is 0 Å². The van der Waals surface area contributed by atoms with Gasteiger partial charge in [0, 0.05) is 48.4 Å². The molecule has 4 aliphatic rings. The summed E-state index contributed by atoms with van der Waals surface area (Å²) in [5, 5.41) is 12.4. The lowest BCUT2D eigenvalue weighted by molar-refractivity contribution is -0.251. The summed E-state index contributed by atoms with van der Waals surface area (Å²) in [4.78, 5) is 4.91. The van der Waals surface area contributed by atoms with Gasteiger partial charge in [0.25, 0.3) is 0 Å². The van der Waals surface area contributed by atoms with E-state index in [4.69, 9.17) is 30.5 Å². The molecule has 5 nitrogen and oxygen atoms in total. The number of fused-ring (bicyclic) bond motifs is 4. The fraction of sp³-hybridized carbons (Fsp3) is 0.645. The van der Waals surface area contributed by atoms with Gasteiger partial charge in [-0.05, 0) is 61.4 Å². The Kier molecular flexibility index (Phi) is 6.85. The maximum atomic E-state index is 13.4. The largest absolute Gasteiger partial charge is 0.416 e. The smallest absolute Gasteiger partial charge is 0.410 e. The summed E-state index contributed by atoms with van der Waals surface area (Å²) in [7, 11) is -2.24. The van der Waals surface area contributed by atoms with Gasteiger partial charge in [-0.25, -0.2) is 4.98 Å². The lowest BCUT2D eigenvalue weighted by atomic mass is 9.59. The molecule has 2 atom stereocenters. The number of halogens is 4. The predicted octanol–water partition coefficient (Wildman–Crippen LogP) is 8.16. The van der Waals surface area contributed by atoms with Gasteiger partial charge in [-0.1, -0.05) is 50.9 Å². The zero-order valence-electron chi connectivity index (χ0n) is 24.4. The summed E-state index contributed by atoms with van der Waals surface area (Å²) >= 11 is 6.96. The number of nitrogens with zero attached hydrogens (tertiary/aromatic N) is 1. The summed E-state index contributed by atoms with van der Waals surface area (Å²) in [6.45, 7) is 12.0. The number of pyridine rings is 1. The monoisotopic (exact) mass is 609 g/mol. The maximum Gasteiger partial charge on any atom is 0.416 e. The third-order valence-corrected chi connectivity index (χ3v) is 15.2. The zero-order valence-corrected chi connectivity index (χ0v) is 26.1. The molecular weight excluding hydrogens is 571 g/mol. The second-order valence-electron chi connectivity index (χ2n) is 14.0. The van der Waals surface area contributed by atoms with Gasteiger partial charge in [0.2, 0.25) is 5.79 Å². The van der Waals surface area contributed by atoms with Crippen LogP contribution in [0.4, 0.5) is 13.2 Å². The molecule has 2 spiro atoms. The Bertz CT molecular complexity index is 1350. The lowest BCUT2D eigenvalue weighted by Gasteiger charge is -2.51. The minimum atomic E-state index is -4.50. The molecule has 1 unspecified atom stereocenters. The number of aliphatic hydroxyl groups is 1. The van der Waals surface area contributed by atoms with Crippen molar-refractivity contribution in [2.45, 2.75) is 108 Å². The first-order valence-electron chi connectivity index (χ1n) is 14.6. The molecule has 2 aliphatic heterocycles. The highest BCUT2D eigenvalue weighted by atomic mass is 35.5. The molecule has 2 aromatic rings. The Balaban J connectivity index is 1.57. The molecule has 1 saturated carbocycles. The van der Waals surface area contributed by atoms with Crippen LogP contribution in [-0.4, -0.2) is 31.6 Å². The fourth-order valence-corrected chi connectivity index (χ4v) is 8.61. The minimum absolute atomic E-state index is 0.0196. The van der Waals surface area contributed by atoms with Crippen LogP contribution in [0.15, 0.2) is 24.3 Å². The molecule has 1 aromatic carbocycles. The van der Waals surface area contributed by atoms with Crippen molar-refractivity contribution in [2.75, 3.05) is 13.2 Å². The topological polar surface area (TPSA) is 60.8 Å². The van der Waals surface area contributed by atoms with Crippen LogP contribution < -0.4 is 0 Å². The van der Waals surface area contributed by atoms with E-state index in [1.54, 1.807) is 0 Å². The van der Waals surface area contributed by atoms with Gasteiger partial charge in [0.1, 0.15) is 10.8 Å². The van der Waals surface area contributed by atoms with Gasteiger partial charge in [0.05, 0.1) is 17.2 Å². The van der Waals surface area contributed by atoms with Crippen LogP contribution in [0, 0.1) is 5.41 Å². The average Bonchev–Trinajstić information content (AvgIpc) is 3.11. The molecule has 2 aliphatic carbocycles. The molecule has 10 heteroatoms. The van der Waals surface area contributed by atoms with Crippen LogP contribution in [0.1, 0.15) is 98.9 Å². The molecule has 41 heavy (non-hydrogen) atoms. The highest BCUT2D eigenvalue weighted by Crippen LogP contribution is 2.62. The highest BCUT2D eigenvalue weighted by molar-refractivity contribution is 6.74. The maximum absolute atomic E-state index is 13.4. The molecule has 0 bridgehead atoms. The van der Waals surface area contributed by atoms with E-state index in [0.717, 1.165) is 54.6 Å². The van der Waals surface area contributed by atoms with E-state index < -0.39 is 31.4 Å². The van der Waals surface area contributed by atoms with Crippen molar-refractivity contribution in [1.82, 2.24) is 4.98 Å². The number of ether oxygens (including phenoxy) is 2. The Hall–Kier alpha value is -1.49. The molecule has 1 aromatic heterocycles. The normalized spacial score (nSPS) is 27.0. The quantitative estimate of drug-likeness (QED) is 0.281. The van der Waals surface area contributed by atoms with Crippen LogP contribution in [-0.2, 0) is 37.9 Å². The predicted molar refractivity (Wildman–Crippen MR) is 152 cm³/mol. The number of hydrogen-bond donors (Lipinski definition) is 1. The van der Waals surface area contributed by atoms with E-state index >= 15 is 0 Å². The molecular formula is C31H39ClF3NO4Si. The number of benzene rings is 1. The van der Waals surface area contributed by atoms with Crippen molar-refractivity contribution in [3.05, 3.63) is 62.9 Å². The SMILES string of the molecule is CC(C)(C)[Si](C)(C)O[C@H]1CC2(CCC2)Cc2nc(Cl)c3c(c21)C1(CCOCC1)OC3(O)c1ccc(C(F)(F)F)cc1. The van der Waals surface area contributed by atoms with Crippen LogP contribution >= 0.6 is 11.6 Å². The van der Waals surface area contributed by atoms with Crippen LogP contribution in [0.25, 0.3) is 0 Å². The number of aromatic nitrogens is 1. The summed E-state index contributed by atoms with van der Waals surface area (Å²) in [6.07, 6.45) is 1.29. The lowest BCUT2D eigenvalue weighted by Crippen LogP contribution is -2.46. The summed E-state index contributed by atoms with van der Waals surface area (Å²) in [5.41, 5.74) is 1.56. The average molecular weight is 610 g/mol. The van der Waals surface area contributed by atoms with Crippen molar-refractivity contribution in [2.24, 2.45) is 5.41 Å². The summed E-state index contributed by atoms with van der Waals surface area (Å²) in [6, 6.07) is 4.48. The third-order valence-electron chi connectivity index (χ3n) is 10.5. The Morgan fingerprint density at radius 3 is 2.20 bits per heavy atom. The molecule has 224 valence electrons. The van der Waals surface area contributed by atoms with E-state index in [9.17, 15) is 18.3 Å². The van der Waals surface area contributed by atoms with E-state index in [1.807, 2.05) is 0 Å². The van der Waals surface area contributed by atoms with Crippen molar-refractivity contribution < 1.29 is 32.2 Å². The molecule has 0 radical (unpaired) electrons. The van der Waals surface area contributed by atoms with E-state index in [-0.39, 0.29) is 27.3 Å². The number of alkyl halides is 3. The third kappa shape index (κ3) is 4.70. The minimum Gasteiger partial charge on any atom is -0.410 e. The van der Waals surface area contributed by atoms with E-state index in [0.29, 0.717) is 31.6 Å². The molecule has 0 amide bonds. The van der Waals surface area contributed by atoms with Crippen LogP contribution in [0.3, 0.4) is 0 Å². The van der Waals surface area contributed by atoms with Crippen molar-refractivity contribution in [3.63, 3.8) is 0 Å². The van der Waals surface area contributed by atoms with E-state index in [1.165, 1.54) is 18.6 Å². The first-order valence-corrected chi connectivity index (χ1v) is 17.9. The molecule has 3 heterocycles. The van der Waals surface area contributed by atoms with Gasteiger partial charge in [-0.2, -0.15) is 13.2 Å². The molecule has 1 saturated heterocycles. The number of hydrogen-bond acceptors (Lipinski definition) is 5. The van der Waals surface area contributed by atoms with Crippen LogP contribution in [0.2, 0.25) is 23.3 Å². The second-order valence-corrected chi connectivity index (χ2v) is 19.2. The first-order chi connectivity index (χ1) is 19.0. The molecule has 1 N–H and O–H groups in total. The second kappa shape index (κ2) is 9.50. The van der Waals surface area contributed by atoms with Gasteiger partial charge >= 0.3 is 6.18 Å². The summed E-state index contributed by atoms with van der Waals surface area (Å²) in [5.74, 6) is -2.07. The molecule has 6 rings (SSSR count). The van der Waals surface area contributed by atoms with Gasteiger partial charge in [-0.3, -0.25) is 0 Å². The standard InChI is InChI=1S/C31H39ClF3NO4Si/c1-27(2,3)41(4,5)39-22-18-28(11-6-12-28)17-21-23(22)24-25(26(32)36-21)30(37,40-29(24)13-15-38-16-14-29)19-7-9-20(10-8-19)31(33,34)35/h7-10,22,37H,6,11-18H2,1-5H3/t22-,30?/m0/s1. The fourth-order valence-electron chi connectivity index (χ4n) is 7.02. The van der Waals surface area contributed by atoms with E-state index in [2.05, 4.69) is 33.9 Å². The van der Waals surface area contributed by atoms with Crippen molar-refractivity contribution in [3.8, 4) is 0 Å². The van der Waals surface area contributed by atoms with Gasteiger partial charge < -0.3 is 19.0 Å². The summed E-state index contributed by atoms with van der Waals surface area (Å²) < 4.78 is 59.7. The Morgan fingerprint density at radius 1 is 1.02 bits per heavy atom. The zero-order chi connectivity index (χ0) is 29.6. The Labute approximate surface area is 245 Å². The van der Waals surface area contributed by atoms with Crippen LogP contribution in [0.5, 0.6) is 0 Å². The first kappa shape index (κ1) is 29.6. The van der Waals surface area contributed by atoms with Crippen molar-refractivity contribution >= 4 is 19.9 Å². The highest BCUT2D eigenvalue weighted by Gasteiger charge is 2.60. The van der Waals surface area contributed by atoms with Crippen molar-refractivity contribution in [1.29, 1.82) is 0 Å².